The van der Waals surface area contributed by atoms with Crippen LogP contribution in [0.2, 0.25) is 0 Å². The van der Waals surface area contributed by atoms with E-state index in [4.69, 9.17) is 0 Å². The zero-order chi connectivity index (χ0) is 22.0. The van der Waals surface area contributed by atoms with Crippen LogP contribution in [0.1, 0.15) is 24.0 Å². The summed E-state index contributed by atoms with van der Waals surface area (Å²) >= 11 is 0. The Bertz CT molecular complexity index is 1180. The molecule has 1 saturated heterocycles. The number of carbonyl (C=O) groups excluding carboxylic acids is 1. The molecule has 0 aliphatic carbocycles. The molecule has 0 saturated carbocycles. The average Bonchev–Trinajstić information content (AvgIpc) is 3.31. The van der Waals surface area contributed by atoms with E-state index in [1.807, 2.05) is 32.0 Å². The Morgan fingerprint density at radius 2 is 1.90 bits per heavy atom. The van der Waals surface area contributed by atoms with Gasteiger partial charge in [-0.05, 0) is 73.0 Å². The molecule has 2 heterocycles. The number of piperidine rings is 1. The van der Waals surface area contributed by atoms with Crippen LogP contribution in [0.3, 0.4) is 0 Å². The van der Waals surface area contributed by atoms with Crippen molar-refractivity contribution in [3.05, 3.63) is 59.9 Å². The minimum atomic E-state index is -3.71. The van der Waals surface area contributed by atoms with E-state index < -0.39 is 15.9 Å². The third-order valence-corrected chi connectivity index (χ3v) is 7.36. The number of aromatic nitrogens is 4. The molecule has 1 aliphatic rings. The molecular weight excluding hydrogens is 416 g/mol. The second kappa shape index (κ2) is 8.56. The summed E-state index contributed by atoms with van der Waals surface area (Å²) in [4.78, 5) is 13.0. The molecule has 1 N–H and O–H groups in total. The van der Waals surface area contributed by atoms with Crippen molar-refractivity contribution in [1.29, 1.82) is 0 Å². The highest BCUT2D eigenvalue weighted by Gasteiger charge is 2.33. The van der Waals surface area contributed by atoms with Gasteiger partial charge in [-0.15, -0.1) is 5.10 Å². The van der Waals surface area contributed by atoms with E-state index in [9.17, 15) is 13.2 Å². The second-order valence-electron chi connectivity index (χ2n) is 7.76. The number of hydrogen-bond donors (Lipinski definition) is 1. The first-order chi connectivity index (χ1) is 14.8. The van der Waals surface area contributed by atoms with E-state index in [0.29, 0.717) is 25.1 Å². The summed E-state index contributed by atoms with van der Waals surface area (Å²) in [5, 5.41) is 13.9. The first-order valence-electron chi connectivity index (χ1n) is 10.1. The van der Waals surface area contributed by atoms with Gasteiger partial charge in [0.15, 0.2) is 0 Å². The van der Waals surface area contributed by atoms with Crippen LogP contribution in [-0.4, -0.2) is 51.9 Å². The van der Waals surface area contributed by atoms with Gasteiger partial charge in [0.25, 0.3) is 0 Å². The van der Waals surface area contributed by atoms with Crippen molar-refractivity contribution in [3.8, 4) is 5.69 Å². The molecule has 1 fully saturated rings. The van der Waals surface area contributed by atoms with Crippen LogP contribution < -0.4 is 5.32 Å². The largest absolute Gasteiger partial charge is 0.326 e. The molecule has 10 heteroatoms. The first-order valence-corrected chi connectivity index (χ1v) is 11.5. The predicted octanol–water partition coefficient (Wildman–Crippen LogP) is 2.32. The van der Waals surface area contributed by atoms with Gasteiger partial charge in [-0.2, -0.15) is 4.31 Å². The standard InChI is InChI=1S/C21H24N6O3S/c1-15-5-10-20(16(2)12-15)23-21(28)17-4-3-11-26(13-17)31(29,30)19-8-6-18(7-9-19)27-14-22-24-25-27/h5-10,12,14,17H,3-4,11,13H2,1-2H3,(H,23,28)/t17-/m0/s1. The number of aryl methyl sites for hydroxylation is 2. The Labute approximate surface area is 181 Å². The fourth-order valence-corrected chi connectivity index (χ4v) is 5.29. The van der Waals surface area contributed by atoms with Crippen LogP contribution in [0.25, 0.3) is 5.69 Å². The summed E-state index contributed by atoms with van der Waals surface area (Å²) in [6, 6.07) is 12.2. The molecular formula is C21H24N6O3S. The second-order valence-corrected chi connectivity index (χ2v) is 9.70. The molecule has 9 nitrogen and oxygen atoms in total. The number of nitrogens with zero attached hydrogens (tertiary/aromatic N) is 5. The maximum atomic E-state index is 13.2. The number of carbonyl (C=O) groups is 1. The molecule has 31 heavy (non-hydrogen) atoms. The molecule has 3 aromatic rings. The first kappa shape index (κ1) is 21.1. The van der Waals surface area contributed by atoms with Crippen LogP contribution in [0.4, 0.5) is 5.69 Å². The molecule has 2 aromatic carbocycles. The molecule has 1 aliphatic heterocycles. The van der Waals surface area contributed by atoms with Crippen molar-refractivity contribution in [2.24, 2.45) is 5.92 Å². The Morgan fingerprint density at radius 3 is 2.58 bits per heavy atom. The monoisotopic (exact) mass is 440 g/mol. The highest BCUT2D eigenvalue weighted by Crippen LogP contribution is 2.26. The van der Waals surface area contributed by atoms with Gasteiger partial charge in [-0.25, -0.2) is 13.1 Å². The van der Waals surface area contributed by atoms with Gasteiger partial charge in [-0.1, -0.05) is 17.7 Å². The van der Waals surface area contributed by atoms with Gasteiger partial charge < -0.3 is 5.32 Å². The summed E-state index contributed by atoms with van der Waals surface area (Å²) in [7, 11) is -3.71. The topological polar surface area (TPSA) is 110 Å². The molecule has 1 amide bonds. The van der Waals surface area contributed by atoms with E-state index in [-0.39, 0.29) is 17.3 Å². The summed E-state index contributed by atoms with van der Waals surface area (Å²) in [6.45, 7) is 4.50. The number of rotatable bonds is 5. The Balaban J connectivity index is 1.47. The minimum absolute atomic E-state index is 0.152. The highest BCUT2D eigenvalue weighted by atomic mass is 32.2. The maximum absolute atomic E-state index is 13.2. The van der Waals surface area contributed by atoms with Gasteiger partial charge in [0.05, 0.1) is 16.5 Å². The van der Waals surface area contributed by atoms with Gasteiger partial charge in [0, 0.05) is 18.8 Å². The number of nitrogens with one attached hydrogen (secondary N) is 1. The molecule has 0 unspecified atom stereocenters. The number of hydrogen-bond acceptors (Lipinski definition) is 6. The summed E-state index contributed by atoms with van der Waals surface area (Å²) < 4.78 is 29.1. The molecule has 162 valence electrons. The lowest BCUT2D eigenvalue weighted by atomic mass is 9.98. The van der Waals surface area contributed by atoms with E-state index in [2.05, 4.69) is 20.8 Å². The fraction of sp³-hybridized carbons (Fsp3) is 0.333. The van der Waals surface area contributed by atoms with E-state index in [1.165, 1.54) is 27.4 Å². The van der Waals surface area contributed by atoms with Crippen molar-refractivity contribution in [2.75, 3.05) is 18.4 Å². The number of sulfonamides is 1. The van der Waals surface area contributed by atoms with E-state index >= 15 is 0 Å². The van der Waals surface area contributed by atoms with Crippen molar-refractivity contribution in [1.82, 2.24) is 24.5 Å². The van der Waals surface area contributed by atoms with Crippen molar-refractivity contribution >= 4 is 21.6 Å². The van der Waals surface area contributed by atoms with Crippen LogP contribution in [0.15, 0.2) is 53.7 Å². The number of amides is 1. The smallest absolute Gasteiger partial charge is 0.243 e. The molecule has 4 rings (SSSR count). The molecule has 0 spiro atoms. The maximum Gasteiger partial charge on any atom is 0.243 e. The van der Waals surface area contributed by atoms with Gasteiger partial charge in [0.1, 0.15) is 6.33 Å². The van der Waals surface area contributed by atoms with Crippen molar-refractivity contribution < 1.29 is 13.2 Å². The zero-order valence-electron chi connectivity index (χ0n) is 17.4. The minimum Gasteiger partial charge on any atom is -0.326 e. The lowest BCUT2D eigenvalue weighted by Crippen LogP contribution is -2.43. The molecule has 0 radical (unpaired) electrons. The summed E-state index contributed by atoms with van der Waals surface area (Å²) in [5.41, 5.74) is 3.52. The quantitative estimate of drug-likeness (QED) is 0.652. The van der Waals surface area contributed by atoms with Gasteiger partial charge >= 0.3 is 0 Å². The summed E-state index contributed by atoms with van der Waals surface area (Å²) in [6.07, 6.45) is 2.72. The SMILES string of the molecule is Cc1ccc(NC(=O)[C@H]2CCCN(S(=O)(=O)c3ccc(-n4cnnn4)cc3)C2)c(C)c1. The van der Waals surface area contributed by atoms with E-state index in [0.717, 1.165) is 16.8 Å². The van der Waals surface area contributed by atoms with Crippen molar-refractivity contribution in [3.63, 3.8) is 0 Å². The Hall–Kier alpha value is -3.11. The molecule has 1 aromatic heterocycles. The lowest BCUT2D eigenvalue weighted by molar-refractivity contribution is -0.120. The lowest BCUT2D eigenvalue weighted by Gasteiger charge is -2.31. The van der Waals surface area contributed by atoms with Gasteiger partial charge in [0.2, 0.25) is 15.9 Å². The van der Waals surface area contributed by atoms with Crippen LogP contribution in [0.5, 0.6) is 0 Å². The van der Waals surface area contributed by atoms with Crippen LogP contribution in [0, 0.1) is 19.8 Å². The zero-order valence-corrected chi connectivity index (χ0v) is 18.2. The Morgan fingerprint density at radius 1 is 1.13 bits per heavy atom. The van der Waals surface area contributed by atoms with Crippen molar-refractivity contribution in [2.45, 2.75) is 31.6 Å². The van der Waals surface area contributed by atoms with E-state index in [1.54, 1.807) is 12.1 Å². The normalized spacial score (nSPS) is 17.4. The van der Waals surface area contributed by atoms with Crippen LogP contribution >= 0.6 is 0 Å². The predicted molar refractivity (Wildman–Crippen MR) is 115 cm³/mol. The number of benzene rings is 2. The van der Waals surface area contributed by atoms with Crippen LogP contribution in [-0.2, 0) is 14.8 Å². The third-order valence-electron chi connectivity index (χ3n) is 5.48. The average molecular weight is 441 g/mol. The molecule has 0 bridgehead atoms. The number of tetrazole rings is 1. The Kier molecular flexibility index (Phi) is 5.84. The fourth-order valence-electron chi connectivity index (χ4n) is 3.76. The summed E-state index contributed by atoms with van der Waals surface area (Å²) in [5.74, 6) is -0.550. The van der Waals surface area contributed by atoms with Gasteiger partial charge in [-0.3, -0.25) is 4.79 Å². The number of anilines is 1. The highest BCUT2D eigenvalue weighted by molar-refractivity contribution is 7.89. The molecule has 1 atom stereocenters. The third kappa shape index (κ3) is 4.49.